The number of anilines is 1. The average Bonchev–Trinajstić information content (AvgIpc) is 3.48. The molecule has 1 N–H and O–H groups in total. The summed E-state index contributed by atoms with van der Waals surface area (Å²) in [6.45, 7) is 6.32. The third-order valence-electron chi connectivity index (χ3n) is 5.87. The molecule has 1 aliphatic carbocycles. The lowest BCUT2D eigenvalue weighted by Gasteiger charge is -2.28. The van der Waals surface area contributed by atoms with Crippen molar-refractivity contribution in [1.82, 2.24) is 4.98 Å². The zero-order valence-electron chi connectivity index (χ0n) is 20.6. The van der Waals surface area contributed by atoms with Gasteiger partial charge in [-0.1, -0.05) is 38.1 Å². The number of sulfonamides is 1. The normalized spacial score (nSPS) is 13.3. The van der Waals surface area contributed by atoms with Crippen LogP contribution in [0.25, 0.3) is 6.08 Å². The maximum Gasteiger partial charge on any atom is 0.328 e. The fourth-order valence-corrected chi connectivity index (χ4v) is 6.92. The summed E-state index contributed by atoms with van der Waals surface area (Å²) in [5.74, 6) is -0.378. The van der Waals surface area contributed by atoms with Gasteiger partial charge >= 0.3 is 5.97 Å². The van der Waals surface area contributed by atoms with E-state index in [4.69, 9.17) is 9.84 Å². The van der Waals surface area contributed by atoms with Crippen molar-refractivity contribution in [2.45, 2.75) is 51.0 Å². The van der Waals surface area contributed by atoms with Gasteiger partial charge in [-0.15, -0.1) is 11.3 Å². The number of hydrogen-bond acceptors (Lipinski definition) is 6. The van der Waals surface area contributed by atoms with Crippen LogP contribution >= 0.6 is 11.3 Å². The summed E-state index contributed by atoms with van der Waals surface area (Å²) in [6.07, 6.45) is 5.52. The molecule has 1 aliphatic rings. The van der Waals surface area contributed by atoms with Gasteiger partial charge in [0.2, 0.25) is 4.34 Å². The van der Waals surface area contributed by atoms with Crippen molar-refractivity contribution in [2.24, 2.45) is 5.92 Å². The predicted molar refractivity (Wildman–Crippen MR) is 142 cm³/mol. The zero-order chi connectivity index (χ0) is 25.9. The van der Waals surface area contributed by atoms with Gasteiger partial charge in [-0.25, -0.2) is 9.78 Å². The van der Waals surface area contributed by atoms with E-state index < -0.39 is 16.0 Å². The van der Waals surface area contributed by atoms with Crippen LogP contribution in [0.1, 0.15) is 48.2 Å². The molecule has 0 amide bonds. The van der Waals surface area contributed by atoms with Gasteiger partial charge in [-0.2, -0.15) is 8.42 Å². The number of aromatic nitrogens is 1. The molecule has 3 aromatic rings. The molecule has 0 radical (unpaired) electrons. The summed E-state index contributed by atoms with van der Waals surface area (Å²) in [6, 6.07) is 11.3. The summed E-state index contributed by atoms with van der Waals surface area (Å²) in [4.78, 5) is 15.0. The number of thiazole rings is 1. The van der Waals surface area contributed by atoms with Crippen molar-refractivity contribution in [3.8, 4) is 5.75 Å². The molecule has 36 heavy (non-hydrogen) atoms. The maximum atomic E-state index is 13.7. The van der Waals surface area contributed by atoms with E-state index >= 15 is 0 Å². The molecule has 1 aromatic heterocycles. The van der Waals surface area contributed by atoms with Crippen LogP contribution in [0.4, 0.5) is 5.69 Å². The Hall–Kier alpha value is -3.17. The number of fused-ring (bicyclic) bond motifs is 1. The molecule has 2 aromatic carbocycles. The van der Waals surface area contributed by atoms with Crippen LogP contribution in [0.15, 0.2) is 52.2 Å². The topological polar surface area (TPSA) is 96.8 Å². The number of nitrogens with zero attached hydrogens (tertiary/aromatic N) is 2. The van der Waals surface area contributed by atoms with E-state index in [0.717, 1.165) is 53.4 Å². The lowest BCUT2D eigenvalue weighted by atomic mass is 10.1. The number of rotatable bonds is 10. The smallest absolute Gasteiger partial charge is 0.328 e. The molecule has 0 spiro atoms. The minimum Gasteiger partial charge on any atom is -0.487 e. The maximum absolute atomic E-state index is 13.7. The van der Waals surface area contributed by atoms with Crippen molar-refractivity contribution in [2.75, 3.05) is 10.8 Å². The predicted octanol–water partition coefficient (Wildman–Crippen LogP) is 5.47. The Labute approximate surface area is 216 Å². The lowest BCUT2D eigenvalue weighted by Crippen LogP contribution is -2.34. The van der Waals surface area contributed by atoms with Crippen molar-refractivity contribution in [1.29, 1.82) is 0 Å². The highest BCUT2D eigenvalue weighted by atomic mass is 32.2. The largest absolute Gasteiger partial charge is 0.487 e. The molecule has 1 heterocycles. The molecule has 190 valence electrons. The number of carboxylic acids is 1. The van der Waals surface area contributed by atoms with E-state index in [1.54, 1.807) is 12.3 Å². The Bertz CT molecular complexity index is 1380. The number of carboxylic acid groups (broad SMARTS) is 1. The summed E-state index contributed by atoms with van der Waals surface area (Å²) >= 11 is 1.13. The summed E-state index contributed by atoms with van der Waals surface area (Å²) < 4.78 is 35.2. The first-order valence-electron chi connectivity index (χ1n) is 11.9. The first-order valence-corrected chi connectivity index (χ1v) is 14.2. The van der Waals surface area contributed by atoms with Gasteiger partial charge in [0, 0.05) is 23.7 Å². The summed E-state index contributed by atoms with van der Waals surface area (Å²) in [5.41, 5.74) is 5.23. The SMILES string of the molecule is Cc1csc(S(=O)(=O)N(CC(C)C)c2cc3c(cc2OCc2ccc(/C=C/C(=O)O)cc2)CCC3)n1. The van der Waals surface area contributed by atoms with Gasteiger partial charge in [-0.05, 0) is 72.6 Å². The molecular weight excluding hydrogens is 496 g/mol. The fraction of sp³-hybridized carbons (Fsp3) is 0.333. The zero-order valence-corrected chi connectivity index (χ0v) is 22.2. The second kappa shape index (κ2) is 10.8. The standard InChI is InChI=1S/C27H30N2O5S2/c1-18(2)15-29(36(32,33)27-28-19(3)17-35-27)24-13-22-5-4-6-23(22)14-25(24)34-16-21-9-7-20(8-10-21)11-12-26(30)31/h7-14,17-18H,4-6,15-16H2,1-3H3,(H,30,31)/b12-11+. The Morgan fingerprint density at radius 2 is 1.89 bits per heavy atom. The highest BCUT2D eigenvalue weighted by molar-refractivity contribution is 7.94. The van der Waals surface area contributed by atoms with Crippen molar-refractivity contribution in [3.05, 3.63) is 75.8 Å². The van der Waals surface area contributed by atoms with Crippen LogP contribution < -0.4 is 9.04 Å². The number of aliphatic carboxylic acids is 1. The Morgan fingerprint density at radius 3 is 2.50 bits per heavy atom. The van der Waals surface area contributed by atoms with E-state index in [0.29, 0.717) is 23.7 Å². The van der Waals surface area contributed by atoms with Crippen LogP contribution in [-0.2, 0) is 34.3 Å². The second-order valence-corrected chi connectivity index (χ2v) is 12.2. The third-order valence-corrected chi connectivity index (χ3v) is 9.01. The van der Waals surface area contributed by atoms with Gasteiger partial charge < -0.3 is 9.84 Å². The Morgan fingerprint density at radius 1 is 1.19 bits per heavy atom. The Balaban J connectivity index is 1.68. The molecule has 9 heteroatoms. The molecule has 0 fully saturated rings. The van der Waals surface area contributed by atoms with Crippen LogP contribution in [-0.4, -0.2) is 31.0 Å². The second-order valence-electron chi connectivity index (χ2n) is 9.33. The highest BCUT2D eigenvalue weighted by Gasteiger charge is 2.32. The van der Waals surface area contributed by atoms with E-state index in [2.05, 4.69) is 4.98 Å². The van der Waals surface area contributed by atoms with E-state index in [1.165, 1.54) is 15.9 Å². The molecular formula is C27H30N2O5S2. The Kier molecular flexibility index (Phi) is 7.80. The van der Waals surface area contributed by atoms with Gasteiger partial charge in [0.15, 0.2) is 0 Å². The summed E-state index contributed by atoms with van der Waals surface area (Å²) in [5, 5.41) is 10.6. The lowest BCUT2D eigenvalue weighted by molar-refractivity contribution is -0.131. The van der Waals surface area contributed by atoms with E-state index in [1.807, 2.05) is 50.2 Å². The number of ether oxygens (including phenoxy) is 1. The van der Waals surface area contributed by atoms with Gasteiger partial charge in [0.1, 0.15) is 12.4 Å². The van der Waals surface area contributed by atoms with Crippen LogP contribution in [0.2, 0.25) is 0 Å². The third kappa shape index (κ3) is 5.96. The first-order chi connectivity index (χ1) is 17.1. The minimum absolute atomic E-state index is 0.0807. The fourth-order valence-electron chi connectivity index (χ4n) is 4.16. The molecule has 0 unspecified atom stereocenters. The van der Waals surface area contributed by atoms with Crippen LogP contribution in [0.3, 0.4) is 0 Å². The van der Waals surface area contributed by atoms with E-state index in [9.17, 15) is 13.2 Å². The minimum atomic E-state index is -3.87. The van der Waals surface area contributed by atoms with Crippen molar-refractivity contribution >= 4 is 39.1 Å². The van der Waals surface area contributed by atoms with Gasteiger partial charge in [0.25, 0.3) is 10.0 Å². The van der Waals surface area contributed by atoms with Crippen LogP contribution in [0, 0.1) is 12.8 Å². The molecule has 0 aliphatic heterocycles. The quantitative estimate of drug-likeness (QED) is 0.352. The monoisotopic (exact) mass is 526 g/mol. The molecule has 0 saturated carbocycles. The van der Waals surface area contributed by atoms with Crippen molar-refractivity contribution < 1.29 is 23.1 Å². The molecule has 0 atom stereocenters. The van der Waals surface area contributed by atoms with Crippen molar-refractivity contribution in [3.63, 3.8) is 0 Å². The molecule has 4 rings (SSSR count). The van der Waals surface area contributed by atoms with Gasteiger partial charge in [-0.3, -0.25) is 4.31 Å². The highest BCUT2D eigenvalue weighted by Crippen LogP contribution is 2.39. The molecule has 0 bridgehead atoms. The number of benzene rings is 2. The van der Waals surface area contributed by atoms with Gasteiger partial charge in [0.05, 0.1) is 5.69 Å². The average molecular weight is 527 g/mol. The van der Waals surface area contributed by atoms with Crippen LogP contribution in [0.5, 0.6) is 5.75 Å². The first kappa shape index (κ1) is 25.9. The number of aryl methyl sites for hydroxylation is 3. The number of carbonyl (C=O) groups is 1. The molecule has 7 nitrogen and oxygen atoms in total. The molecule has 0 saturated heterocycles. The number of hydrogen-bond donors (Lipinski definition) is 1. The van der Waals surface area contributed by atoms with E-state index in [-0.39, 0.29) is 16.9 Å². The summed E-state index contributed by atoms with van der Waals surface area (Å²) in [7, 11) is -3.87.